The Hall–Kier alpha value is -1.55. The molecule has 18 heavy (non-hydrogen) atoms. The lowest BCUT2D eigenvalue weighted by Gasteiger charge is -2.26. The summed E-state index contributed by atoms with van der Waals surface area (Å²) in [7, 11) is 0. The number of hydrogen-bond acceptors (Lipinski definition) is 2. The predicted octanol–water partition coefficient (Wildman–Crippen LogP) is 2.72. The number of aliphatic carboxylic acids is 2. The van der Waals surface area contributed by atoms with Gasteiger partial charge in [-0.3, -0.25) is 9.59 Å². The van der Waals surface area contributed by atoms with Gasteiger partial charge in [-0.1, -0.05) is 37.6 Å². The minimum atomic E-state index is -1.93. The van der Waals surface area contributed by atoms with Crippen molar-refractivity contribution in [1.82, 2.24) is 0 Å². The maximum Gasteiger partial charge on any atom is 0.325 e. The van der Waals surface area contributed by atoms with Gasteiger partial charge in [-0.25, -0.2) is 0 Å². The van der Waals surface area contributed by atoms with Crippen LogP contribution in [0.5, 0.6) is 0 Å². The molecule has 0 aromatic heterocycles. The van der Waals surface area contributed by atoms with Crippen LogP contribution in [0.25, 0.3) is 0 Å². The summed E-state index contributed by atoms with van der Waals surface area (Å²) >= 11 is 6.02. The van der Waals surface area contributed by atoms with Gasteiger partial charge in [-0.05, 0) is 30.0 Å². The van der Waals surface area contributed by atoms with Crippen molar-refractivity contribution in [1.29, 1.82) is 0 Å². The Morgan fingerprint density at radius 3 is 2.17 bits per heavy atom. The fourth-order valence-electron chi connectivity index (χ4n) is 2.13. The molecule has 1 rings (SSSR count). The van der Waals surface area contributed by atoms with Gasteiger partial charge in [-0.15, -0.1) is 0 Å². The van der Waals surface area contributed by atoms with Crippen molar-refractivity contribution < 1.29 is 19.8 Å². The molecule has 1 aromatic carbocycles. The molecule has 0 aliphatic carbocycles. The van der Waals surface area contributed by atoms with Crippen LogP contribution in [0.15, 0.2) is 18.2 Å². The van der Waals surface area contributed by atoms with Crippen molar-refractivity contribution in [3.63, 3.8) is 0 Å². The van der Waals surface area contributed by atoms with Crippen LogP contribution < -0.4 is 0 Å². The lowest BCUT2D eigenvalue weighted by Crippen LogP contribution is -2.44. The average molecular weight is 271 g/mol. The van der Waals surface area contributed by atoms with E-state index in [1.807, 2.05) is 6.92 Å². The second-order valence-corrected chi connectivity index (χ2v) is 4.40. The van der Waals surface area contributed by atoms with Crippen molar-refractivity contribution in [2.45, 2.75) is 32.1 Å². The lowest BCUT2D eigenvalue weighted by atomic mass is 9.75. The molecule has 0 radical (unpaired) electrons. The van der Waals surface area contributed by atoms with Gasteiger partial charge in [0.1, 0.15) is 0 Å². The van der Waals surface area contributed by atoms with E-state index < -0.39 is 17.4 Å². The Balaban J connectivity index is 3.63. The van der Waals surface area contributed by atoms with Gasteiger partial charge in [0.05, 0.1) is 0 Å². The van der Waals surface area contributed by atoms with Gasteiger partial charge in [0.25, 0.3) is 0 Å². The SMILES string of the molecule is CCc1c(Cl)cccc1C(CC)(C(=O)O)C(=O)O. The maximum atomic E-state index is 11.4. The first-order valence-corrected chi connectivity index (χ1v) is 6.04. The van der Waals surface area contributed by atoms with Crippen LogP contribution in [0.4, 0.5) is 0 Å². The van der Waals surface area contributed by atoms with E-state index in [4.69, 9.17) is 11.6 Å². The van der Waals surface area contributed by atoms with E-state index in [-0.39, 0.29) is 12.0 Å². The summed E-state index contributed by atoms with van der Waals surface area (Å²) in [5.74, 6) is -2.73. The number of benzene rings is 1. The number of carbonyl (C=O) groups is 2. The molecule has 4 nitrogen and oxygen atoms in total. The summed E-state index contributed by atoms with van der Waals surface area (Å²) in [4.78, 5) is 22.9. The van der Waals surface area contributed by atoms with Crippen molar-refractivity contribution in [2.24, 2.45) is 0 Å². The van der Waals surface area contributed by atoms with Crippen LogP contribution in [0.1, 0.15) is 31.4 Å². The number of carboxylic acids is 2. The topological polar surface area (TPSA) is 74.6 Å². The van der Waals surface area contributed by atoms with Crippen molar-refractivity contribution in [3.8, 4) is 0 Å². The highest BCUT2D eigenvalue weighted by molar-refractivity contribution is 6.31. The standard InChI is InChI=1S/C13H15ClO4/c1-3-8-9(6-5-7-10(8)14)13(4-2,11(15)16)12(17)18/h5-7H,3-4H2,1-2H3,(H,15,16)(H,17,18). The fourth-order valence-corrected chi connectivity index (χ4v) is 2.44. The quantitative estimate of drug-likeness (QED) is 0.807. The molecule has 0 aliphatic heterocycles. The van der Waals surface area contributed by atoms with Gasteiger partial charge in [-0.2, -0.15) is 0 Å². The molecule has 0 fully saturated rings. The molecule has 0 saturated carbocycles. The average Bonchev–Trinajstić information content (AvgIpc) is 2.30. The largest absolute Gasteiger partial charge is 0.480 e. The molecule has 0 atom stereocenters. The van der Waals surface area contributed by atoms with Crippen LogP contribution in [0.2, 0.25) is 5.02 Å². The summed E-state index contributed by atoms with van der Waals surface area (Å²) in [5.41, 5.74) is -1.10. The van der Waals surface area contributed by atoms with Crippen molar-refractivity contribution in [2.75, 3.05) is 0 Å². The minimum Gasteiger partial charge on any atom is -0.480 e. The molecule has 0 bridgehead atoms. The van der Waals surface area contributed by atoms with E-state index in [9.17, 15) is 19.8 Å². The van der Waals surface area contributed by atoms with E-state index >= 15 is 0 Å². The lowest BCUT2D eigenvalue weighted by molar-refractivity contribution is -0.157. The van der Waals surface area contributed by atoms with Crippen LogP contribution in [0, 0.1) is 0 Å². The molecule has 0 saturated heterocycles. The summed E-state index contributed by atoms with van der Waals surface area (Å²) in [5, 5.41) is 19.1. The van der Waals surface area contributed by atoms with E-state index in [1.54, 1.807) is 19.1 Å². The maximum absolute atomic E-state index is 11.4. The van der Waals surface area contributed by atoms with Gasteiger partial charge in [0.15, 0.2) is 5.41 Å². The van der Waals surface area contributed by atoms with Gasteiger partial charge in [0, 0.05) is 5.02 Å². The molecule has 0 spiro atoms. The Morgan fingerprint density at radius 1 is 1.22 bits per heavy atom. The van der Waals surface area contributed by atoms with Crippen LogP contribution in [-0.4, -0.2) is 22.2 Å². The highest BCUT2D eigenvalue weighted by atomic mass is 35.5. The zero-order valence-electron chi connectivity index (χ0n) is 10.2. The van der Waals surface area contributed by atoms with E-state index in [2.05, 4.69) is 0 Å². The smallest absolute Gasteiger partial charge is 0.325 e. The molecule has 0 amide bonds. The normalized spacial score (nSPS) is 11.3. The number of hydrogen-bond donors (Lipinski definition) is 2. The Kier molecular flexibility index (Phi) is 4.35. The van der Waals surface area contributed by atoms with E-state index in [1.165, 1.54) is 6.07 Å². The summed E-state index contributed by atoms with van der Waals surface area (Å²) in [6.45, 7) is 3.36. The Morgan fingerprint density at radius 2 is 1.78 bits per heavy atom. The van der Waals surface area contributed by atoms with Crippen LogP contribution >= 0.6 is 11.6 Å². The van der Waals surface area contributed by atoms with Gasteiger partial charge >= 0.3 is 11.9 Å². The van der Waals surface area contributed by atoms with Crippen molar-refractivity contribution >= 4 is 23.5 Å². The molecule has 0 unspecified atom stereocenters. The van der Waals surface area contributed by atoms with E-state index in [0.717, 1.165) is 0 Å². The first-order valence-electron chi connectivity index (χ1n) is 5.66. The summed E-state index contributed by atoms with van der Waals surface area (Å²) in [6, 6.07) is 4.73. The molecule has 0 heterocycles. The zero-order chi connectivity index (χ0) is 13.9. The Bertz CT molecular complexity index is 468. The summed E-state index contributed by atoms with van der Waals surface area (Å²) in [6.07, 6.45) is 0.447. The minimum absolute atomic E-state index is 0.0367. The molecular formula is C13H15ClO4. The third-order valence-electron chi connectivity index (χ3n) is 3.19. The molecule has 1 aromatic rings. The number of rotatable bonds is 5. The monoisotopic (exact) mass is 270 g/mol. The first-order chi connectivity index (χ1) is 8.41. The highest BCUT2D eigenvalue weighted by Crippen LogP contribution is 2.35. The molecule has 98 valence electrons. The Labute approximate surface area is 110 Å². The second kappa shape index (κ2) is 5.40. The third-order valence-corrected chi connectivity index (χ3v) is 3.55. The highest BCUT2D eigenvalue weighted by Gasteiger charge is 2.48. The zero-order valence-corrected chi connectivity index (χ0v) is 11.0. The molecule has 0 aliphatic rings. The van der Waals surface area contributed by atoms with Crippen molar-refractivity contribution in [3.05, 3.63) is 34.3 Å². The van der Waals surface area contributed by atoms with E-state index in [0.29, 0.717) is 17.0 Å². The number of halogens is 1. The second-order valence-electron chi connectivity index (χ2n) is 3.99. The van der Waals surface area contributed by atoms with Gasteiger partial charge < -0.3 is 10.2 Å². The van der Waals surface area contributed by atoms with Crippen LogP contribution in [-0.2, 0) is 21.4 Å². The molecular weight excluding hydrogens is 256 g/mol. The third kappa shape index (κ3) is 2.08. The first kappa shape index (κ1) is 14.5. The van der Waals surface area contributed by atoms with Crippen LogP contribution in [0.3, 0.4) is 0 Å². The molecule has 5 heteroatoms. The van der Waals surface area contributed by atoms with Gasteiger partial charge in [0.2, 0.25) is 0 Å². The molecule has 2 N–H and O–H groups in total. The fraction of sp³-hybridized carbons (Fsp3) is 0.385. The summed E-state index contributed by atoms with van der Waals surface area (Å²) < 4.78 is 0. The number of carboxylic acid groups (broad SMARTS) is 2. The predicted molar refractivity (Wildman–Crippen MR) is 68.1 cm³/mol.